The molecule has 0 fully saturated rings. The molecule has 0 bridgehead atoms. The minimum atomic E-state index is -0.491. The van der Waals surface area contributed by atoms with Crippen molar-refractivity contribution >= 4 is 5.91 Å². The van der Waals surface area contributed by atoms with Crippen LogP contribution in [0.25, 0.3) is 0 Å². The Morgan fingerprint density at radius 1 is 1.31 bits per heavy atom. The Hall–Kier alpha value is -1.32. The van der Waals surface area contributed by atoms with E-state index < -0.39 is 5.91 Å². The van der Waals surface area contributed by atoms with Crippen molar-refractivity contribution in [2.75, 3.05) is 0 Å². The Bertz CT molecular complexity index is 320. The van der Waals surface area contributed by atoms with Crippen LogP contribution in [-0.2, 0) is 6.42 Å². The van der Waals surface area contributed by atoms with E-state index in [0.29, 0.717) is 0 Å². The Morgan fingerprint density at radius 3 is 2.62 bits per heavy atom. The van der Waals surface area contributed by atoms with Crippen molar-refractivity contribution in [3.05, 3.63) is 17.7 Å². The molecular weight excluding hydrogens is 202 g/mol. The highest BCUT2D eigenvalue weighted by atomic mass is 16.1. The Kier molecular flexibility index (Phi) is 5.61. The number of unbranched alkanes of at least 4 members (excludes halogenated alkanes) is 5. The molecule has 0 atom stereocenters. The number of nitrogens with one attached hydrogen (secondary N) is 1. The van der Waals surface area contributed by atoms with Gasteiger partial charge in [0.15, 0.2) is 5.82 Å². The Labute approximate surface area is 96.6 Å². The fourth-order valence-corrected chi connectivity index (χ4v) is 1.70. The van der Waals surface area contributed by atoms with Gasteiger partial charge in [0, 0.05) is 6.20 Å². The van der Waals surface area contributed by atoms with E-state index >= 15 is 0 Å². The predicted molar refractivity (Wildman–Crippen MR) is 64.2 cm³/mol. The minimum Gasteiger partial charge on any atom is -0.363 e. The lowest BCUT2D eigenvalue weighted by Crippen LogP contribution is -2.12. The number of amides is 1. The summed E-state index contributed by atoms with van der Waals surface area (Å²) in [6.07, 6.45) is 10.3. The monoisotopic (exact) mass is 223 g/mol. The number of nitrogens with two attached hydrogens (primary N) is 1. The third-order valence-electron chi connectivity index (χ3n) is 2.65. The third kappa shape index (κ3) is 4.47. The van der Waals surface area contributed by atoms with Crippen LogP contribution in [0.3, 0.4) is 0 Å². The van der Waals surface area contributed by atoms with Gasteiger partial charge in [-0.25, -0.2) is 4.98 Å². The molecule has 0 spiro atoms. The van der Waals surface area contributed by atoms with Gasteiger partial charge in [0.1, 0.15) is 0 Å². The maximum Gasteiger partial charge on any atom is 0.284 e. The number of aryl methyl sites for hydroxylation is 1. The van der Waals surface area contributed by atoms with Crippen LogP contribution in [0.1, 0.15) is 61.8 Å². The molecule has 0 aliphatic heterocycles. The second-order valence-corrected chi connectivity index (χ2v) is 4.12. The van der Waals surface area contributed by atoms with Crippen LogP contribution in [0.15, 0.2) is 6.20 Å². The van der Waals surface area contributed by atoms with Crippen LogP contribution < -0.4 is 5.73 Å². The molecule has 1 aromatic rings. The van der Waals surface area contributed by atoms with Gasteiger partial charge >= 0.3 is 0 Å². The summed E-state index contributed by atoms with van der Waals surface area (Å²) in [7, 11) is 0. The first-order valence-corrected chi connectivity index (χ1v) is 6.08. The number of nitrogens with zero attached hydrogens (tertiary/aromatic N) is 1. The SMILES string of the molecule is CCCCCCCCc1c[nH]c(C(N)=O)n1. The number of carbonyl (C=O) groups is 1. The summed E-state index contributed by atoms with van der Waals surface area (Å²) in [5.41, 5.74) is 6.04. The van der Waals surface area contributed by atoms with E-state index in [1.807, 2.05) is 0 Å². The molecule has 0 saturated carbocycles. The van der Waals surface area contributed by atoms with Crippen LogP contribution in [0.2, 0.25) is 0 Å². The van der Waals surface area contributed by atoms with Crippen molar-refractivity contribution in [3.8, 4) is 0 Å². The van der Waals surface area contributed by atoms with Crippen LogP contribution >= 0.6 is 0 Å². The highest BCUT2D eigenvalue weighted by molar-refractivity contribution is 5.88. The lowest BCUT2D eigenvalue weighted by Gasteiger charge is -1.98. The number of hydrogen-bond acceptors (Lipinski definition) is 2. The molecule has 1 heterocycles. The van der Waals surface area contributed by atoms with Gasteiger partial charge in [-0.15, -0.1) is 0 Å². The zero-order valence-electron chi connectivity index (χ0n) is 9.96. The van der Waals surface area contributed by atoms with E-state index in [4.69, 9.17) is 5.73 Å². The molecule has 16 heavy (non-hydrogen) atoms. The minimum absolute atomic E-state index is 0.265. The number of rotatable bonds is 8. The van der Waals surface area contributed by atoms with E-state index in [0.717, 1.165) is 18.5 Å². The van der Waals surface area contributed by atoms with Crippen molar-refractivity contribution in [1.82, 2.24) is 9.97 Å². The molecule has 0 aliphatic rings. The number of aromatic amines is 1. The van der Waals surface area contributed by atoms with Gasteiger partial charge in [-0.1, -0.05) is 39.0 Å². The smallest absolute Gasteiger partial charge is 0.284 e. The van der Waals surface area contributed by atoms with Gasteiger partial charge < -0.3 is 10.7 Å². The van der Waals surface area contributed by atoms with Crippen molar-refractivity contribution < 1.29 is 4.79 Å². The molecule has 90 valence electrons. The molecule has 1 aromatic heterocycles. The van der Waals surface area contributed by atoms with Crippen LogP contribution in [0, 0.1) is 0 Å². The van der Waals surface area contributed by atoms with E-state index in [1.54, 1.807) is 6.20 Å². The summed E-state index contributed by atoms with van der Waals surface area (Å²) < 4.78 is 0. The molecule has 4 heteroatoms. The molecule has 4 nitrogen and oxygen atoms in total. The van der Waals surface area contributed by atoms with Crippen molar-refractivity contribution in [1.29, 1.82) is 0 Å². The quantitative estimate of drug-likeness (QED) is 0.664. The molecule has 0 unspecified atom stereocenters. The zero-order chi connectivity index (χ0) is 11.8. The van der Waals surface area contributed by atoms with Crippen molar-refractivity contribution in [3.63, 3.8) is 0 Å². The summed E-state index contributed by atoms with van der Waals surface area (Å²) in [6, 6.07) is 0. The summed E-state index contributed by atoms with van der Waals surface area (Å²) in [5.74, 6) is -0.227. The highest BCUT2D eigenvalue weighted by Crippen LogP contribution is 2.08. The standard InChI is InChI=1S/C12H21N3O/c1-2-3-4-5-6-7-8-10-9-14-12(15-10)11(13)16/h9H,2-8H2,1H3,(H2,13,16)(H,14,15). The molecule has 1 rings (SSSR count). The van der Waals surface area contributed by atoms with Crippen LogP contribution in [-0.4, -0.2) is 15.9 Å². The Morgan fingerprint density at radius 2 is 2.00 bits per heavy atom. The number of aromatic nitrogens is 2. The third-order valence-corrected chi connectivity index (χ3v) is 2.65. The Balaban J connectivity index is 2.14. The second-order valence-electron chi connectivity index (χ2n) is 4.12. The summed E-state index contributed by atoms with van der Waals surface area (Å²) in [5, 5.41) is 0. The number of primary amides is 1. The van der Waals surface area contributed by atoms with Gasteiger partial charge in [0.05, 0.1) is 5.69 Å². The first-order chi connectivity index (χ1) is 7.74. The van der Waals surface area contributed by atoms with Gasteiger partial charge in [0.2, 0.25) is 0 Å². The summed E-state index contributed by atoms with van der Waals surface area (Å²) in [6.45, 7) is 2.22. The summed E-state index contributed by atoms with van der Waals surface area (Å²) in [4.78, 5) is 17.7. The number of carbonyl (C=O) groups excluding carboxylic acids is 1. The van der Waals surface area contributed by atoms with Crippen LogP contribution in [0.4, 0.5) is 0 Å². The number of H-pyrrole nitrogens is 1. The van der Waals surface area contributed by atoms with Gasteiger partial charge in [-0.3, -0.25) is 4.79 Å². The fourth-order valence-electron chi connectivity index (χ4n) is 1.70. The van der Waals surface area contributed by atoms with Crippen LogP contribution in [0.5, 0.6) is 0 Å². The maximum absolute atomic E-state index is 10.8. The number of hydrogen-bond donors (Lipinski definition) is 2. The molecule has 0 aliphatic carbocycles. The second kappa shape index (κ2) is 7.04. The lowest BCUT2D eigenvalue weighted by molar-refractivity contribution is 0.0991. The largest absolute Gasteiger partial charge is 0.363 e. The van der Waals surface area contributed by atoms with E-state index in [2.05, 4.69) is 16.9 Å². The number of imidazole rings is 1. The lowest BCUT2D eigenvalue weighted by atomic mass is 10.1. The molecule has 3 N–H and O–H groups in total. The first kappa shape index (κ1) is 12.7. The highest BCUT2D eigenvalue weighted by Gasteiger charge is 2.05. The summed E-state index contributed by atoms with van der Waals surface area (Å²) >= 11 is 0. The fraction of sp³-hybridized carbons (Fsp3) is 0.667. The molecule has 0 radical (unpaired) electrons. The normalized spacial score (nSPS) is 10.6. The first-order valence-electron chi connectivity index (χ1n) is 6.08. The van der Waals surface area contributed by atoms with E-state index in [-0.39, 0.29) is 5.82 Å². The molecule has 0 saturated heterocycles. The van der Waals surface area contributed by atoms with Gasteiger partial charge in [-0.05, 0) is 12.8 Å². The average molecular weight is 223 g/mol. The van der Waals surface area contributed by atoms with E-state index in [9.17, 15) is 4.79 Å². The van der Waals surface area contributed by atoms with Crippen molar-refractivity contribution in [2.45, 2.75) is 51.9 Å². The van der Waals surface area contributed by atoms with Gasteiger partial charge in [0.25, 0.3) is 5.91 Å². The molecular formula is C12H21N3O. The maximum atomic E-state index is 10.8. The zero-order valence-corrected chi connectivity index (χ0v) is 9.96. The predicted octanol–water partition coefficient (Wildman–Crippen LogP) is 2.41. The topological polar surface area (TPSA) is 71.8 Å². The van der Waals surface area contributed by atoms with E-state index in [1.165, 1.54) is 32.1 Å². The molecule has 0 aromatic carbocycles. The average Bonchev–Trinajstić information content (AvgIpc) is 2.72. The van der Waals surface area contributed by atoms with Gasteiger partial charge in [-0.2, -0.15) is 0 Å². The van der Waals surface area contributed by atoms with Crippen molar-refractivity contribution in [2.24, 2.45) is 5.73 Å². The molecule has 1 amide bonds.